The normalized spacial score (nSPS) is 12.4. The lowest BCUT2D eigenvalue weighted by molar-refractivity contribution is -0.671. The lowest BCUT2D eigenvalue weighted by atomic mass is 9.98. The molecule has 0 saturated heterocycles. The number of nitrogens with zero attached hydrogens (tertiary/aromatic N) is 1. The van der Waals surface area contributed by atoms with Gasteiger partial charge in [0.2, 0.25) is 5.69 Å². The summed E-state index contributed by atoms with van der Waals surface area (Å²) in [6, 6.07) is 18.1. The largest absolute Gasteiger partial charge is 0.221 e. The summed E-state index contributed by atoms with van der Waals surface area (Å²) in [7, 11) is 0. The molecule has 0 spiro atoms. The third-order valence-corrected chi connectivity index (χ3v) is 5.52. The maximum atomic E-state index is 2.45. The van der Waals surface area contributed by atoms with E-state index in [1.54, 1.807) is 0 Å². The summed E-state index contributed by atoms with van der Waals surface area (Å²) >= 11 is 0. The van der Waals surface area contributed by atoms with Crippen molar-refractivity contribution in [1.82, 2.24) is 0 Å². The van der Waals surface area contributed by atoms with E-state index in [1.165, 1.54) is 78.1 Å². The van der Waals surface area contributed by atoms with E-state index in [9.17, 15) is 0 Å². The van der Waals surface area contributed by atoms with Crippen LogP contribution in [0.1, 0.15) is 56.6 Å². The summed E-state index contributed by atoms with van der Waals surface area (Å²) in [6.45, 7) is 3.30. The van der Waals surface area contributed by atoms with Crippen LogP contribution in [-0.4, -0.2) is 0 Å². The van der Waals surface area contributed by atoms with E-state index < -0.39 is 0 Å². The molecule has 1 aliphatic rings. The van der Waals surface area contributed by atoms with Crippen LogP contribution >= 0.6 is 0 Å². The second-order valence-corrected chi connectivity index (χ2v) is 7.39. The lowest BCUT2D eigenvalue weighted by Gasteiger charge is -2.04. The number of benzene rings is 2. The zero-order valence-corrected chi connectivity index (χ0v) is 15.3. The van der Waals surface area contributed by atoms with Crippen molar-refractivity contribution in [2.75, 3.05) is 0 Å². The fourth-order valence-corrected chi connectivity index (χ4v) is 4.15. The van der Waals surface area contributed by atoms with E-state index in [4.69, 9.17) is 0 Å². The van der Waals surface area contributed by atoms with Crippen LogP contribution in [0.15, 0.2) is 54.7 Å². The molecule has 0 unspecified atom stereocenters. The fraction of sp³-hybridized carbons (Fsp3) is 0.375. The van der Waals surface area contributed by atoms with Gasteiger partial charge in [-0.3, -0.25) is 0 Å². The average molecular weight is 330 g/mol. The Balaban J connectivity index is 1.51. The Labute approximate surface area is 151 Å². The monoisotopic (exact) mass is 330 g/mol. The van der Waals surface area contributed by atoms with Crippen LogP contribution in [0, 0.1) is 0 Å². The zero-order valence-electron chi connectivity index (χ0n) is 15.3. The molecule has 2 heterocycles. The van der Waals surface area contributed by atoms with Crippen molar-refractivity contribution >= 4 is 10.8 Å². The lowest BCUT2D eigenvalue weighted by Crippen LogP contribution is -2.31. The van der Waals surface area contributed by atoms with Crippen molar-refractivity contribution in [3.05, 3.63) is 65.9 Å². The minimum absolute atomic E-state index is 1.01. The molecule has 1 nitrogen and oxygen atoms in total. The number of fused-ring (bicyclic) bond motifs is 5. The van der Waals surface area contributed by atoms with E-state index in [0.717, 1.165) is 6.54 Å². The third-order valence-electron chi connectivity index (χ3n) is 5.52. The Hall–Kier alpha value is -2.15. The van der Waals surface area contributed by atoms with Crippen LogP contribution in [0.25, 0.3) is 22.0 Å². The number of unbranched alkanes of at least 4 members (excludes halogenated alkanes) is 5. The highest BCUT2D eigenvalue weighted by atomic mass is 15.0. The molecule has 25 heavy (non-hydrogen) atoms. The van der Waals surface area contributed by atoms with Gasteiger partial charge in [-0.1, -0.05) is 63.3 Å². The van der Waals surface area contributed by atoms with Crippen molar-refractivity contribution in [1.29, 1.82) is 0 Å². The Morgan fingerprint density at radius 1 is 0.880 bits per heavy atom. The van der Waals surface area contributed by atoms with E-state index in [1.807, 2.05) is 0 Å². The van der Waals surface area contributed by atoms with Crippen LogP contribution in [-0.2, 0) is 13.0 Å². The molecule has 0 fully saturated rings. The number of hydrogen-bond acceptors (Lipinski definition) is 0. The molecule has 4 rings (SSSR count). The minimum Gasteiger partial charge on any atom is -0.193 e. The standard InChI is InChI=1S/C24H28N/c1-2-3-4-5-6-7-10-19-13-14-23-21(17-19)18-25-16-15-20-11-8-9-12-22(20)24(23)25/h8-9,11-17H,2-7,10,18H2,1H3/q+1. The predicted octanol–water partition coefficient (Wildman–Crippen LogP) is 6.06. The van der Waals surface area contributed by atoms with Crippen LogP contribution in [0.2, 0.25) is 0 Å². The van der Waals surface area contributed by atoms with Gasteiger partial charge in [-0.25, -0.2) is 0 Å². The second kappa shape index (κ2) is 7.39. The first-order valence-corrected chi connectivity index (χ1v) is 9.90. The van der Waals surface area contributed by atoms with Gasteiger partial charge >= 0.3 is 0 Å². The first kappa shape index (κ1) is 16.3. The van der Waals surface area contributed by atoms with Crippen LogP contribution in [0.5, 0.6) is 0 Å². The van der Waals surface area contributed by atoms with Gasteiger partial charge in [-0.05, 0) is 42.0 Å². The Bertz CT molecular complexity index is 878. The molecule has 128 valence electrons. The quantitative estimate of drug-likeness (QED) is 0.286. The van der Waals surface area contributed by atoms with Gasteiger partial charge in [0.05, 0.1) is 10.9 Å². The molecular weight excluding hydrogens is 302 g/mol. The molecule has 0 saturated carbocycles. The van der Waals surface area contributed by atoms with Gasteiger partial charge in [-0.2, -0.15) is 4.57 Å². The summed E-state index contributed by atoms with van der Waals surface area (Å²) in [6.07, 6.45) is 11.7. The van der Waals surface area contributed by atoms with Crippen LogP contribution < -0.4 is 4.57 Å². The van der Waals surface area contributed by atoms with Crippen molar-refractivity contribution in [3.8, 4) is 11.3 Å². The van der Waals surface area contributed by atoms with Crippen molar-refractivity contribution in [2.45, 2.75) is 58.4 Å². The van der Waals surface area contributed by atoms with Gasteiger partial charge in [0.25, 0.3) is 0 Å². The Kier molecular flexibility index (Phi) is 4.83. The molecule has 0 N–H and O–H groups in total. The zero-order chi connectivity index (χ0) is 17.1. The molecule has 0 aliphatic carbocycles. The topological polar surface area (TPSA) is 3.88 Å². The Morgan fingerprint density at radius 3 is 2.64 bits per heavy atom. The highest BCUT2D eigenvalue weighted by Crippen LogP contribution is 2.33. The summed E-state index contributed by atoms with van der Waals surface area (Å²) in [5.41, 5.74) is 5.80. The summed E-state index contributed by atoms with van der Waals surface area (Å²) in [4.78, 5) is 0. The maximum absolute atomic E-state index is 2.45. The van der Waals surface area contributed by atoms with Crippen LogP contribution in [0.4, 0.5) is 0 Å². The summed E-state index contributed by atoms with van der Waals surface area (Å²) in [5, 5.41) is 2.70. The van der Waals surface area contributed by atoms with E-state index in [-0.39, 0.29) is 0 Å². The van der Waals surface area contributed by atoms with Gasteiger partial charge < -0.3 is 0 Å². The highest BCUT2D eigenvalue weighted by Gasteiger charge is 2.28. The molecular formula is C24H28N+. The van der Waals surface area contributed by atoms with Crippen molar-refractivity contribution < 1.29 is 4.57 Å². The molecule has 0 atom stereocenters. The molecule has 1 aliphatic heterocycles. The third kappa shape index (κ3) is 3.33. The molecule has 1 aromatic heterocycles. The number of aromatic nitrogens is 1. The second-order valence-electron chi connectivity index (χ2n) is 7.39. The number of hydrogen-bond donors (Lipinski definition) is 0. The SMILES string of the molecule is CCCCCCCCc1ccc2c(c1)C[n+]1ccc3ccccc3c1-2. The minimum atomic E-state index is 1.01. The number of pyridine rings is 1. The van der Waals surface area contributed by atoms with Crippen molar-refractivity contribution in [3.63, 3.8) is 0 Å². The first-order valence-electron chi connectivity index (χ1n) is 9.90. The van der Waals surface area contributed by atoms with Gasteiger partial charge in [-0.15, -0.1) is 0 Å². The van der Waals surface area contributed by atoms with E-state index >= 15 is 0 Å². The number of rotatable bonds is 7. The molecule has 3 aromatic rings. The smallest absolute Gasteiger partial charge is 0.193 e. The highest BCUT2D eigenvalue weighted by molar-refractivity contribution is 5.94. The van der Waals surface area contributed by atoms with E-state index in [2.05, 4.69) is 66.2 Å². The van der Waals surface area contributed by atoms with Crippen molar-refractivity contribution in [2.24, 2.45) is 0 Å². The molecule has 2 aromatic carbocycles. The summed E-state index contributed by atoms with van der Waals surface area (Å²) < 4.78 is 2.40. The summed E-state index contributed by atoms with van der Waals surface area (Å²) in [5.74, 6) is 0. The fourth-order valence-electron chi connectivity index (χ4n) is 4.15. The van der Waals surface area contributed by atoms with Gasteiger partial charge in [0.1, 0.15) is 0 Å². The van der Waals surface area contributed by atoms with E-state index in [0.29, 0.717) is 0 Å². The number of aryl methyl sites for hydroxylation is 1. The Morgan fingerprint density at radius 2 is 1.72 bits per heavy atom. The molecule has 0 amide bonds. The average Bonchev–Trinajstić information content (AvgIpc) is 3.02. The van der Waals surface area contributed by atoms with Gasteiger partial charge in [0.15, 0.2) is 12.7 Å². The molecule has 0 radical (unpaired) electrons. The van der Waals surface area contributed by atoms with Gasteiger partial charge in [0, 0.05) is 11.6 Å². The van der Waals surface area contributed by atoms with Crippen LogP contribution in [0.3, 0.4) is 0 Å². The molecule has 0 bridgehead atoms. The maximum Gasteiger partial charge on any atom is 0.221 e. The first-order chi connectivity index (χ1) is 12.4. The predicted molar refractivity (Wildman–Crippen MR) is 106 cm³/mol. The molecule has 1 heteroatoms.